The van der Waals surface area contributed by atoms with Crippen molar-refractivity contribution in [2.24, 2.45) is 46.2 Å². The third-order valence-electron chi connectivity index (χ3n) is 13.3. The van der Waals surface area contributed by atoms with Crippen LogP contribution in [0.5, 0.6) is 0 Å². The molecule has 6 aliphatic rings. The van der Waals surface area contributed by atoms with Gasteiger partial charge in [-0.05, 0) is 108 Å². The van der Waals surface area contributed by atoms with E-state index in [-0.39, 0.29) is 34.9 Å². The van der Waals surface area contributed by atoms with E-state index < -0.39 is 42.8 Å². The van der Waals surface area contributed by atoms with Crippen molar-refractivity contribution in [2.75, 3.05) is 14.1 Å². The van der Waals surface area contributed by atoms with E-state index in [1.165, 1.54) is 6.42 Å². The first-order valence-electron chi connectivity index (χ1n) is 15.8. The van der Waals surface area contributed by atoms with Gasteiger partial charge in [-0.25, -0.2) is 0 Å². The molecule has 2 aliphatic heterocycles. The van der Waals surface area contributed by atoms with Crippen LogP contribution in [0.3, 0.4) is 0 Å². The highest BCUT2D eigenvalue weighted by Crippen LogP contribution is 2.73. The van der Waals surface area contributed by atoms with E-state index in [4.69, 9.17) is 19.9 Å². The van der Waals surface area contributed by atoms with Crippen LogP contribution in [0, 0.1) is 40.4 Å². The summed E-state index contributed by atoms with van der Waals surface area (Å²) in [7, 11) is 3.74. The van der Waals surface area contributed by atoms with Gasteiger partial charge in [0.25, 0.3) is 0 Å². The van der Waals surface area contributed by atoms with Gasteiger partial charge in [-0.2, -0.15) is 0 Å². The Labute approximate surface area is 239 Å². The lowest BCUT2D eigenvalue weighted by Crippen LogP contribution is -2.68. The van der Waals surface area contributed by atoms with Crippen molar-refractivity contribution in [1.29, 1.82) is 0 Å². The molecule has 15 atom stereocenters. The van der Waals surface area contributed by atoms with Crippen molar-refractivity contribution < 1.29 is 34.3 Å². The maximum atomic E-state index is 11.7. The molecular weight excluding hydrogens is 512 g/mol. The van der Waals surface area contributed by atoms with E-state index in [0.717, 1.165) is 51.4 Å². The topological polar surface area (TPSA) is 135 Å². The second-order valence-corrected chi connectivity index (χ2v) is 15.0. The number of aliphatic hydroxyl groups is 2. The molecule has 9 heteroatoms. The second kappa shape index (κ2) is 10.1. The van der Waals surface area contributed by atoms with E-state index in [9.17, 15) is 20.1 Å². The first kappa shape index (κ1) is 29.3. The molecule has 4 saturated carbocycles. The highest BCUT2D eigenvalue weighted by atomic mass is 16.7. The number of ether oxygens (including phenoxy) is 3. The fourth-order valence-corrected chi connectivity index (χ4v) is 11.2. The molecule has 6 rings (SSSR count). The van der Waals surface area contributed by atoms with Gasteiger partial charge in [-0.3, -0.25) is 4.79 Å². The lowest BCUT2D eigenvalue weighted by atomic mass is 9.42. The van der Waals surface area contributed by atoms with Crippen LogP contribution in [0.4, 0.5) is 0 Å². The van der Waals surface area contributed by atoms with Gasteiger partial charge in [0.05, 0.1) is 36.4 Å². The minimum absolute atomic E-state index is 0.00758. The standard InChI is InChI=1S/C31H52N2O7/c1-16-25(36)24(33(4)5)26(37)28(38-16)39-18-8-11-29(2)17(14-18)6-7-22-21(29)9-12-30(3)20-10-13-31(22,30)40-27(32)19(20)15-23(34)35/h16-22,24-28,36-37H,6-15,32H2,1-5H3,(H,34,35)/t16-,17-,18+,19+,20-,21+,22-,24-,25-,26+,27-,28-,29+,30-,31+/m1/s1. The number of aliphatic carboxylic acids is 1. The Hall–Kier alpha value is -0.810. The Morgan fingerprint density at radius 1 is 1.00 bits per heavy atom. The van der Waals surface area contributed by atoms with Gasteiger partial charge in [0.1, 0.15) is 12.3 Å². The van der Waals surface area contributed by atoms with E-state index in [1.54, 1.807) is 0 Å². The average molecular weight is 565 g/mol. The number of aliphatic hydroxyl groups excluding tert-OH is 2. The molecule has 0 radical (unpaired) electrons. The number of likely N-dealkylation sites (N-methyl/N-ethyl adjacent to an activating group) is 1. The molecule has 0 spiro atoms. The zero-order chi connectivity index (χ0) is 28.8. The van der Waals surface area contributed by atoms with Gasteiger partial charge in [0, 0.05) is 11.3 Å². The molecule has 0 aromatic rings. The number of nitrogens with zero attached hydrogens (tertiary/aromatic N) is 1. The summed E-state index contributed by atoms with van der Waals surface area (Å²) in [5, 5.41) is 31.2. The summed E-state index contributed by atoms with van der Waals surface area (Å²) in [5.74, 6) is 0.988. The highest BCUT2D eigenvalue weighted by Gasteiger charge is 2.72. The van der Waals surface area contributed by atoms with Crippen molar-refractivity contribution >= 4 is 5.97 Å². The predicted octanol–water partition coefficient (Wildman–Crippen LogP) is 2.96. The largest absolute Gasteiger partial charge is 0.481 e. The smallest absolute Gasteiger partial charge is 0.303 e. The molecule has 9 nitrogen and oxygen atoms in total. The van der Waals surface area contributed by atoms with Crippen LogP contribution < -0.4 is 5.73 Å². The highest BCUT2D eigenvalue weighted by molar-refractivity contribution is 5.67. The number of fused-ring (bicyclic) bond motifs is 3. The first-order chi connectivity index (χ1) is 18.8. The number of carbonyl (C=O) groups is 1. The fraction of sp³-hybridized carbons (Fsp3) is 0.968. The Morgan fingerprint density at radius 3 is 2.42 bits per heavy atom. The fourth-order valence-electron chi connectivity index (χ4n) is 11.2. The average Bonchev–Trinajstić information content (AvgIpc) is 3.09. The quantitative estimate of drug-likeness (QED) is 0.372. The van der Waals surface area contributed by atoms with Crippen LogP contribution in [-0.2, 0) is 19.0 Å². The minimum atomic E-state index is -0.909. The maximum absolute atomic E-state index is 11.7. The molecule has 0 unspecified atom stereocenters. The zero-order valence-electron chi connectivity index (χ0n) is 25.0. The van der Waals surface area contributed by atoms with E-state index in [0.29, 0.717) is 23.7 Å². The monoisotopic (exact) mass is 564 g/mol. The van der Waals surface area contributed by atoms with Crippen LogP contribution >= 0.6 is 0 Å². The Balaban J connectivity index is 1.17. The number of rotatable bonds is 5. The molecule has 228 valence electrons. The number of carboxylic acid groups (broad SMARTS) is 1. The van der Waals surface area contributed by atoms with Crippen molar-refractivity contribution in [1.82, 2.24) is 4.90 Å². The molecule has 0 amide bonds. The van der Waals surface area contributed by atoms with Crippen LogP contribution in [0.2, 0.25) is 0 Å². The first-order valence-corrected chi connectivity index (χ1v) is 15.8. The molecule has 2 saturated heterocycles. The maximum Gasteiger partial charge on any atom is 0.303 e. The van der Waals surface area contributed by atoms with Gasteiger partial charge in [0.2, 0.25) is 0 Å². The van der Waals surface area contributed by atoms with Crippen LogP contribution in [-0.4, -0.2) is 88.9 Å². The number of hydrogen-bond acceptors (Lipinski definition) is 8. The molecular formula is C31H52N2O7. The van der Waals surface area contributed by atoms with Gasteiger partial charge in [-0.15, -0.1) is 0 Å². The van der Waals surface area contributed by atoms with Crippen molar-refractivity contribution in [3.8, 4) is 0 Å². The molecule has 2 heterocycles. The zero-order valence-corrected chi connectivity index (χ0v) is 25.0. The van der Waals surface area contributed by atoms with Crippen molar-refractivity contribution in [2.45, 2.75) is 134 Å². The normalized spacial score (nSPS) is 55.8. The Bertz CT molecular complexity index is 981. The summed E-state index contributed by atoms with van der Waals surface area (Å²) >= 11 is 0. The predicted molar refractivity (Wildman–Crippen MR) is 148 cm³/mol. The number of carboxylic acids is 1. The van der Waals surface area contributed by atoms with Crippen molar-refractivity contribution in [3.05, 3.63) is 0 Å². The molecule has 2 bridgehead atoms. The van der Waals surface area contributed by atoms with Crippen molar-refractivity contribution in [3.63, 3.8) is 0 Å². The number of nitrogens with two attached hydrogens (primary N) is 1. The molecule has 0 aromatic heterocycles. The molecule has 0 aromatic carbocycles. The van der Waals surface area contributed by atoms with Crippen LogP contribution in [0.25, 0.3) is 0 Å². The second-order valence-electron chi connectivity index (χ2n) is 15.0. The lowest BCUT2D eigenvalue weighted by molar-refractivity contribution is -0.305. The van der Waals surface area contributed by atoms with Crippen LogP contribution in [0.1, 0.15) is 85.0 Å². The summed E-state index contributed by atoms with van der Waals surface area (Å²) < 4.78 is 19.3. The van der Waals surface area contributed by atoms with Crippen LogP contribution in [0.15, 0.2) is 0 Å². The Morgan fingerprint density at radius 2 is 1.73 bits per heavy atom. The molecule has 4 aliphatic carbocycles. The molecule has 6 fully saturated rings. The lowest BCUT2D eigenvalue weighted by Gasteiger charge is -2.67. The Kier molecular flexibility index (Phi) is 7.42. The third-order valence-corrected chi connectivity index (χ3v) is 13.3. The minimum Gasteiger partial charge on any atom is -0.481 e. The van der Waals surface area contributed by atoms with E-state index in [1.807, 2.05) is 25.9 Å². The summed E-state index contributed by atoms with van der Waals surface area (Å²) in [6.45, 7) is 6.73. The molecule has 5 N–H and O–H groups in total. The molecule has 40 heavy (non-hydrogen) atoms. The summed E-state index contributed by atoms with van der Waals surface area (Å²) in [6, 6.07) is -0.430. The third kappa shape index (κ3) is 4.16. The van der Waals surface area contributed by atoms with E-state index >= 15 is 0 Å². The van der Waals surface area contributed by atoms with Gasteiger partial charge in [-0.1, -0.05) is 13.8 Å². The van der Waals surface area contributed by atoms with E-state index in [2.05, 4.69) is 13.8 Å². The summed E-state index contributed by atoms with van der Waals surface area (Å²) in [5.41, 5.74) is 6.56. The summed E-state index contributed by atoms with van der Waals surface area (Å²) in [4.78, 5) is 13.5. The van der Waals surface area contributed by atoms with Gasteiger partial charge in [0.15, 0.2) is 6.29 Å². The van der Waals surface area contributed by atoms with Gasteiger partial charge < -0.3 is 40.2 Å². The number of hydrogen-bond donors (Lipinski definition) is 4. The van der Waals surface area contributed by atoms with Gasteiger partial charge >= 0.3 is 5.97 Å². The summed E-state index contributed by atoms with van der Waals surface area (Å²) in [6.07, 6.45) is 6.28. The SMILES string of the molecule is C[C@H]1O[C@H](O[C@H]2CC[C@@]3(C)[C@H](CC[C@@H]4[C@@H]3CC[C@]3(C)[C@@H]5CC[C@]43O[C@@H](N)[C@H]5CC(=O)O)C2)[C@@H](O)[C@H](N(C)C)[C@@H]1O.